The Balaban J connectivity index is 0.000000245. The number of aromatic nitrogens is 2. The maximum atomic E-state index is 6.58. The molecule has 4 heterocycles. The monoisotopic (exact) mass is 839 g/mol. The van der Waals surface area contributed by atoms with E-state index in [9.17, 15) is 0 Å². The quantitative estimate of drug-likeness (QED) is 0.132. The normalized spacial score (nSPS) is 11.7. The van der Waals surface area contributed by atoms with Gasteiger partial charge in [-0.1, -0.05) is 65.7 Å². The summed E-state index contributed by atoms with van der Waals surface area (Å²) in [4.78, 5) is 9.26. The summed E-state index contributed by atoms with van der Waals surface area (Å²) in [5.74, 6) is 3.38. The van der Waals surface area contributed by atoms with Crippen LogP contribution in [-0.4, -0.2) is 16.7 Å². The van der Waals surface area contributed by atoms with E-state index in [4.69, 9.17) is 14.5 Å². The van der Waals surface area contributed by atoms with Crippen LogP contribution >= 0.6 is 0 Å². The van der Waals surface area contributed by atoms with E-state index in [2.05, 4.69) is 87.3 Å². The summed E-state index contributed by atoms with van der Waals surface area (Å²) < 4.78 is 12.8. The van der Waals surface area contributed by atoms with Crippen LogP contribution in [-0.2, 0) is 20.1 Å². The molecule has 0 bridgehead atoms. The Morgan fingerprint density at radius 1 is 0.569 bits per heavy atom. The van der Waals surface area contributed by atoms with Crippen molar-refractivity contribution in [2.45, 2.75) is 34.6 Å². The van der Waals surface area contributed by atoms with Gasteiger partial charge in [0.05, 0.1) is 0 Å². The van der Waals surface area contributed by atoms with Gasteiger partial charge in [0.15, 0.2) is 0 Å². The second kappa shape index (κ2) is 14.1. The molecule has 4 nitrogen and oxygen atoms in total. The molecule has 5 aromatic carbocycles. The Kier molecular flexibility index (Phi) is 9.48. The topological polar surface area (TPSA) is 44.2 Å². The molecule has 6 heteroatoms. The van der Waals surface area contributed by atoms with E-state index in [1.54, 1.807) is 0 Å². The third-order valence-corrected chi connectivity index (χ3v) is 9.48. The molecule has 251 valence electrons. The number of ether oxygens (including phenoxy) is 2. The maximum absolute atomic E-state index is 6.58. The van der Waals surface area contributed by atoms with Crippen LogP contribution in [0.1, 0.15) is 27.8 Å². The largest absolute Gasteiger partial charge is 0.503 e. The fraction of sp³-hybridized carbons (Fsp3) is 0.111. The van der Waals surface area contributed by atoms with Crippen LogP contribution in [0.2, 0.25) is 0 Å². The molecular formula is C45H35BIrN2O2-2. The molecule has 0 spiro atoms. The number of hydrogen-bond acceptors (Lipinski definition) is 4. The van der Waals surface area contributed by atoms with E-state index in [1.807, 2.05) is 86.0 Å². The Morgan fingerprint density at radius 2 is 1.29 bits per heavy atom. The third-order valence-electron chi connectivity index (χ3n) is 9.48. The molecule has 51 heavy (non-hydrogen) atoms. The van der Waals surface area contributed by atoms with Gasteiger partial charge in [-0.15, -0.1) is 59.6 Å². The number of pyridine rings is 2. The van der Waals surface area contributed by atoms with Crippen molar-refractivity contribution in [2.24, 2.45) is 0 Å². The number of nitrogens with zero attached hydrogens (tertiary/aromatic N) is 2. The molecule has 0 N–H and O–H groups in total. The molecule has 0 amide bonds. The average Bonchev–Trinajstić information content (AvgIpc) is 3.12. The second-order valence-electron chi connectivity index (χ2n) is 13.1. The van der Waals surface area contributed by atoms with Gasteiger partial charge in [-0.3, -0.25) is 0 Å². The number of fused-ring (bicyclic) bond motifs is 4. The molecule has 0 saturated carbocycles. The first-order valence-corrected chi connectivity index (χ1v) is 16.9. The summed E-state index contributed by atoms with van der Waals surface area (Å²) >= 11 is 0. The summed E-state index contributed by atoms with van der Waals surface area (Å²) in [5, 5.41) is 0. The first kappa shape index (κ1) is 34.2. The van der Waals surface area contributed by atoms with Crippen molar-refractivity contribution in [1.82, 2.24) is 9.97 Å². The summed E-state index contributed by atoms with van der Waals surface area (Å²) in [7, 11) is 0. The van der Waals surface area contributed by atoms with Crippen molar-refractivity contribution in [3.8, 4) is 56.6 Å². The molecule has 0 saturated heterocycles. The minimum atomic E-state index is 0. The van der Waals surface area contributed by atoms with Gasteiger partial charge in [-0.2, -0.15) is 0 Å². The van der Waals surface area contributed by atoms with Gasteiger partial charge in [0.1, 0.15) is 17.2 Å². The minimum absolute atomic E-state index is 0. The molecule has 9 rings (SSSR count). The van der Waals surface area contributed by atoms with Crippen molar-refractivity contribution >= 4 is 23.1 Å². The fourth-order valence-electron chi connectivity index (χ4n) is 7.27. The molecule has 0 aliphatic carbocycles. The van der Waals surface area contributed by atoms with Crippen LogP contribution in [0.4, 0.5) is 0 Å². The van der Waals surface area contributed by atoms with Gasteiger partial charge in [-0.25, -0.2) is 0 Å². The Labute approximate surface area is 314 Å². The summed E-state index contributed by atoms with van der Waals surface area (Å²) in [6, 6.07) is 43.6. The molecule has 0 atom stereocenters. The summed E-state index contributed by atoms with van der Waals surface area (Å²) in [5.41, 5.74) is 15.7. The molecule has 2 aromatic heterocycles. The van der Waals surface area contributed by atoms with Crippen LogP contribution in [0.3, 0.4) is 0 Å². The standard InChI is InChI=1S/C33H25BNO2.C12H10N.Ir/c1-19-15-21(3)31(22(4)16-19)24-18-35-27(17-20(24)2)23-9-7-11-26-33(23)37-30-14-8-13-29-32(30)34(26)25-10-5-6-12-28(25)36-29;1-10-7-8-12(13-9-10)11-5-3-2-4-6-11;/h5-8,10-18H,1-4H3;2-5,7-9H,1H3;/q2*-1;. The molecule has 0 fully saturated rings. The van der Waals surface area contributed by atoms with E-state index >= 15 is 0 Å². The Hall–Kier alpha value is -5.29. The van der Waals surface area contributed by atoms with Crippen molar-refractivity contribution in [3.63, 3.8) is 0 Å². The average molecular weight is 839 g/mol. The van der Waals surface area contributed by atoms with E-state index in [-0.39, 0.29) is 26.8 Å². The third kappa shape index (κ3) is 6.42. The maximum Gasteiger partial charge on any atom is 0.241 e. The predicted molar refractivity (Wildman–Crippen MR) is 204 cm³/mol. The number of rotatable bonds is 3. The molecule has 1 radical (unpaired) electrons. The van der Waals surface area contributed by atoms with Gasteiger partial charge < -0.3 is 19.4 Å². The SMILES string of the molecule is Cc1cc(C)c(-c2cnc(-c3[c-]ccc4c3Oc3cccc5c3B4c3ccccc3O5)cc2C)c(C)c1.Cc1ccc(-c2[c-]cccc2)nc1.[Ir]. The van der Waals surface area contributed by atoms with Crippen LogP contribution in [0.5, 0.6) is 23.0 Å². The number of para-hydroxylation sites is 1. The Morgan fingerprint density at radius 3 is 2.02 bits per heavy atom. The summed E-state index contributed by atoms with van der Waals surface area (Å²) in [6.45, 7) is 10.7. The van der Waals surface area contributed by atoms with E-state index in [0.717, 1.165) is 67.5 Å². The van der Waals surface area contributed by atoms with E-state index in [1.165, 1.54) is 33.4 Å². The smallest absolute Gasteiger partial charge is 0.241 e. The van der Waals surface area contributed by atoms with Crippen molar-refractivity contribution in [1.29, 1.82) is 0 Å². The van der Waals surface area contributed by atoms with Gasteiger partial charge >= 0.3 is 0 Å². The summed E-state index contributed by atoms with van der Waals surface area (Å²) in [6.07, 6.45) is 3.87. The van der Waals surface area contributed by atoms with Crippen LogP contribution < -0.4 is 25.9 Å². The first-order chi connectivity index (χ1) is 24.4. The zero-order chi connectivity index (χ0) is 34.4. The van der Waals surface area contributed by atoms with Crippen molar-refractivity contribution in [2.75, 3.05) is 0 Å². The number of aryl methyl sites for hydroxylation is 5. The number of hydrogen-bond donors (Lipinski definition) is 0. The van der Waals surface area contributed by atoms with Gasteiger partial charge in [0.25, 0.3) is 0 Å². The van der Waals surface area contributed by atoms with E-state index < -0.39 is 0 Å². The zero-order valence-electron chi connectivity index (χ0n) is 29.2. The zero-order valence-corrected chi connectivity index (χ0v) is 31.6. The fourth-order valence-corrected chi connectivity index (χ4v) is 7.27. The Bertz CT molecular complexity index is 2370. The predicted octanol–water partition coefficient (Wildman–Crippen LogP) is 9.03. The molecule has 7 aromatic rings. The first-order valence-electron chi connectivity index (χ1n) is 16.9. The van der Waals surface area contributed by atoms with Crippen LogP contribution in [0, 0.1) is 46.8 Å². The molecule has 2 aliphatic heterocycles. The molecule has 2 aliphatic rings. The molecular weight excluding hydrogens is 804 g/mol. The van der Waals surface area contributed by atoms with Crippen LogP contribution in [0.15, 0.2) is 122 Å². The molecule has 0 unspecified atom stereocenters. The van der Waals surface area contributed by atoms with Crippen LogP contribution in [0.25, 0.3) is 33.6 Å². The van der Waals surface area contributed by atoms with Gasteiger partial charge in [0, 0.05) is 49.3 Å². The number of benzene rings is 5. The van der Waals surface area contributed by atoms with Gasteiger partial charge in [-0.05, 0) is 97.5 Å². The van der Waals surface area contributed by atoms with Gasteiger partial charge in [0.2, 0.25) is 6.71 Å². The van der Waals surface area contributed by atoms with E-state index in [0.29, 0.717) is 0 Å². The van der Waals surface area contributed by atoms with Crippen molar-refractivity contribution < 1.29 is 29.6 Å². The second-order valence-corrected chi connectivity index (χ2v) is 13.1. The van der Waals surface area contributed by atoms with Crippen molar-refractivity contribution in [3.05, 3.63) is 162 Å². The minimum Gasteiger partial charge on any atom is -0.503 e.